The van der Waals surface area contributed by atoms with Crippen LogP contribution >= 0.6 is 50.5 Å². The third kappa shape index (κ3) is 2.86. The third-order valence-electron chi connectivity index (χ3n) is 2.96. The molecule has 0 atom stereocenters. The Morgan fingerprint density at radius 2 is 2.20 bits per heavy atom. The van der Waals surface area contributed by atoms with E-state index in [0.717, 1.165) is 33.7 Å². The maximum atomic E-state index is 5.98. The molecule has 0 radical (unpaired) electrons. The molecule has 0 unspecified atom stereocenters. The number of alkyl halides is 1. The van der Waals surface area contributed by atoms with Crippen LogP contribution in [0.2, 0.25) is 5.02 Å². The lowest BCUT2D eigenvalue weighted by atomic mass is 10.3. The highest BCUT2D eigenvalue weighted by Crippen LogP contribution is 2.24. The molecule has 3 heterocycles. The zero-order chi connectivity index (χ0) is 14.1. The number of aryl methyl sites for hydroxylation is 2. The second-order valence-corrected chi connectivity index (χ2v) is 7.52. The molecule has 0 N–H and O–H groups in total. The van der Waals surface area contributed by atoms with E-state index in [1.165, 1.54) is 4.88 Å². The molecular formula is C13H10BrCl2N3S. The number of imidazole rings is 1. The second kappa shape index (κ2) is 6.02. The number of pyridine rings is 1. The Balaban J connectivity index is 1.93. The first kappa shape index (κ1) is 14.3. The molecule has 0 fully saturated rings. The topological polar surface area (TPSA) is 30.7 Å². The zero-order valence-corrected chi connectivity index (χ0v) is 14.2. The highest BCUT2D eigenvalue weighted by atomic mass is 79.9. The fraction of sp³-hybridized carbons (Fsp3) is 0.231. The molecule has 0 bridgehead atoms. The van der Waals surface area contributed by atoms with E-state index < -0.39 is 0 Å². The van der Waals surface area contributed by atoms with Crippen LogP contribution < -0.4 is 0 Å². The standard InChI is InChI=1S/C13H10BrCl2N3S/c14-11-2-1-9(20-11)3-4-19-12(6-15)18-10-5-8(16)7-17-13(10)19/h1-2,5,7H,3-4,6H2. The smallest absolute Gasteiger partial charge is 0.160 e. The lowest BCUT2D eigenvalue weighted by molar-refractivity contribution is 0.687. The fourth-order valence-electron chi connectivity index (χ4n) is 2.08. The number of halogens is 3. The molecule has 3 rings (SSSR count). The SMILES string of the molecule is ClCc1nc2cc(Cl)cnc2n1CCc1ccc(Br)s1. The third-order valence-corrected chi connectivity index (χ3v) is 5.09. The Morgan fingerprint density at radius 1 is 1.35 bits per heavy atom. The van der Waals surface area contributed by atoms with Crippen molar-refractivity contribution in [1.29, 1.82) is 0 Å². The molecule has 3 aromatic heterocycles. The number of hydrogen-bond acceptors (Lipinski definition) is 3. The lowest BCUT2D eigenvalue weighted by Gasteiger charge is -2.05. The van der Waals surface area contributed by atoms with Gasteiger partial charge in [-0.1, -0.05) is 11.6 Å². The molecule has 0 saturated heterocycles. The summed E-state index contributed by atoms with van der Waals surface area (Å²) in [6, 6.07) is 6.00. The van der Waals surface area contributed by atoms with Crippen molar-refractivity contribution in [1.82, 2.24) is 14.5 Å². The number of rotatable bonds is 4. The van der Waals surface area contributed by atoms with Crippen molar-refractivity contribution in [2.45, 2.75) is 18.8 Å². The van der Waals surface area contributed by atoms with E-state index in [4.69, 9.17) is 23.2 Å². The first-order valence-corrected chi connectivity index (χ1v) is 8.50. The molecule has 0 aliphatic carbocycles. The van der Waals surface area contributed by atoms with Gasteiger partial charge in [0, 0.05) is 17.6 Å². The van der Waals surface area contributed by atoms with Gasteiger partial charge in [-0.15, -0.1) is 22.9 Å². The normalized spacial score (nSPS) is 11.3. The molecule has 0 spiro atoms. The van der Waals surface area contributed by atoms with Crippen LogP contribution in [-0.4, -0.2) is 14.5 Å². The van der Waals surface area contributed by atoms with Gasteiger partial charge in [0.05, 0.1) is 14.7 Å². The van der Waals surface area contributed by atoms with Crippen molar-refractivity contribution >= 4 is 61.6 Å². The summed E-state index contributed by atoms with van der Waals surface area (Å²) in [5, 5.41) is 0.588. The molecule has 7 heteroatoms. The van der Waals surface area contributed by atoms with Gasteiger partial charge in [-0.2, -0.15) is 0 Å². The molecule has 3 nitrogen and oxygen atoms in total. The van der Waals surface area contributed by atoms with E-state index in [2.05, 4.69) is 42.6 Å². The van der Waals surface area contributed by atoms with Gasteiger partial charge in [0.1, 0.15) is 11.3 Å². The minimum atomic E-state index is 0.363. The van der Waals surface area contributed by atoms with Crippen LogP contribution in [0.15, 0.2) is 28.2 Å². The van der Waals surface area contributed by atoms with Gasteiger partial charge in [-0.05, 0) is 40.5 Å². The lowest BCUT2D eigenvalue weighted by Crippen LogP contribution is -2.05. The number of fused-ring (bicyclic) bond motifs is 1. The molecule has 3 aromatic rings. The van der Waals surface area contributed by atoms with Crippen molar-refractivity contribution in [2.75, 3.05) is 0 Å². The van der Waals surface area contributed by atoms with E-state index in [9.17, 15) is 0 Å². The summed E-state index contributed by atoms with van der Waals surface area (Å²) in [7, 11) is 0. The predicted molar refractivity (Wildman–Crippen MR) is 87.8 cm³/mol. The number of hydrogen-bond donors (Lipinski definition) is 0. The van der Waals surface area contributed by atoms with Gasteiger partial charge in [-0.3, -0.25) is 0 Å². The Bertz CT molecular complexity index is 753. The number of nitrogens with zero attached hydrogens (tertiary/aromatic N) is 3. The maximum absolute atomic E-state index is 5.98. The van der Waals surface area contributed by atoms with Crippen molar-refractivity contribution in [2.24, 2.45) is 0 Å². The summed E-state index contributed by atoms with van der Waals surface area (Å²) < 4.78 is 3.21. The molecule has 0 aliphatic rings. The van der Waals surface area contributed by atoms with E-state index in [0.29, 0.717) is 10.9 Å². The molecule has 0 aliphatic heterocycles. The summed E-state index contributed by atoms with van der Waals surface area (Å²) in [4.78, 5) is 10.2. The molecular weight excluding hydrogens is 381 g/mol. The van der Waals surface area contributed by atoms with Crippen molar-refractivity contribution < 1.29 is 0 Å². The molecule has 20 heavy (non-hydrogen) atoms. The van der Waals surface area contributed by atoms with Crippen molar-refractivity contribution in [3.8, 4) is 0 Å². The first-order chi connectivity index (χ1) is 9.67. The Kier molecular flexibility index (Phi) is 4.31. The average molecular weight is 391 g/mol. The van der Waals surface area contributed by atoms with Gasteiger partial charge < -0.3 is 4.57 Å². The maximum Gasteiger partial charge on any atom is 0.160 e. The van der Waals surface area contributed by atoms with Gasteiger partial charge in [0.15, 0.2) is 5.65 Å². The zero-order valence-electron chi connectivity index (χ0n) is 10.3. The molecule has 0 amide bonds. The largest absolute Gasteiger partial charge is 0.311 e. The summed E-state index contributed by atoms with van der Waals surface area (Å²) >= 11 is 17.1. The van der Waals surface area contributed by atoms with Crippen LogP contribution in [-0.2, 0) is 18.8 Å². The molecule has 104 valence electrons. The van der Waals surface area contributed by atoms with Gasteiger partial charge >= 0.3 is 0 Å². The highest BCUT2D eigenvalue weighted by Gasteiger charge is 2.12. The van der Waals surface area contributed by atoms with Crippen molar-refractivity contribution in [3.63, 3.8) is 0 Å². The van der Waals surface area contributed by atoms with Gasteiger partial charge in [0.25, 0.3) is 0 Å². The van der Waals surface area contributed by atoms with Crippen LogP contribution in [0.3, 0.4) is 0 Å². The van der Waals surface area contributed by atoms with E-state index in [1.807, 2.05) is 6.07 Å². The van der Waals surface area contributed by atoms with Crippen LogP contribution in [0, 0.1) is 0 Å². The number of aromatic nitrogens is 3. The summed E-state index contributed by atoms with van der Waals surface area (Å²) in [5.41, 5.74) is 1.63. The average Bonchev–Trinajstić information content (AvgIpc) is 2.99. The van der Waals surface area contributed by atoms with Crippen LogP contribution in [0.5, 0.6) is 0 Å². The Morgan fingerprint density at radius 3 is 2.90 bits per heavy atom. The predicted octanol–water partition coefficient (Wildman–Crippen LogP) is 4.89. The Labute approximate surface area is 138 Å². The van der Waals surface area contributed by atoms with E-state index in [-0.39, 0.29) is 0 Å². The second-order valence-electron chi connectivity index (χ2n) is 4.27. The van der Waals surface area contributed by atoms with Crippen LogP contribution in [0.25, 0.3) is 11.2 Å². The van der Waals surface area contributed by atoms with Gasteiger partial charge in [-0.25, -0.2) is 9.97 Å². The van der Waals surface area contributed by atoms with Crippen LogP contribution in [0.1, 0.15) is 10.7 Å². The molecule has 0 saturated carbocycles. The van der Waals surface area contributed by atoms with E-state index in [1.54, 1.807) is 17.5 Å². The summed E-state index contributed by atoms with van der Waals surface area (Å²) in [6.07, 6.45) is 2.57. The Hall–Kier alpha value is -0.620. The van der Waals surface area contributed by atoms with Crippen LogP contribution in [0.4, 0.5) is 0 Å². The highest BCUT2D eigenvalue weighted by molar-refractivity contribution is 9.11. The monoisotopic (exact) mass is 389 g/mol. The quantitative estimate of drug-likeness (QED) is 0.593. The van der Waals surface area contributed by atoms with E-state index >= 15 is 0 Å². The van der Waals surface area contributed by atoms with Gasteiger partial charge in [0.2, 0.25) is 0 Å². The first-order valence-electron chi connectivity index (χ1n) is 5.98. The minimum Gasteiger partial charge on any atom is -0.311 e. The summed E-state index contributed by atoms with van der Waals surface area (Å²) in [6.45, 7) is 0.806. The number of thiophene rings is 1. The summed E-state index contributed by atoms with van der Waals surface area (Å²) in [5.74, 6) is 1.19. The fourth-order valence-corrected chi connectivity index (χ4v) is 3.91. The minimum absolute atomic E-state index is 0.363. The van der Waals surface area contributed by atoms with Crippen molar-refractivity contribution in [3.05, 3.63) is 43.9 Å². The molecule has 0 aromatic carbocycles.